The molecular formula is C27H31N7O2. The van der Waals surface area contributed by atoms with E-state index in [9.17, 15) is 5.11 Å². The predicted octanol–water partition coefficient (Wildman–Crippen LogP) is 3.92. The van der Waals surface area contributed by atoms with Gasteiger partial charge in [0, 0.05) is 41.7 Å². The van der Waals surface area contributed by atoms with Crippen molar-refractivity contribution in [3.63, 3.8) is 0 Å². The first-order chi connectivity index (χ1) is 17.3. The molecule has 1 aliphatic rings. The Balaban J connectivity index is 1.59. The number of aliphatic imine (C=N–C) groups is 1. The molecule has 36 heavy (non-hydrogen) atoms. The van der Waals surface area contributed by atoms with Gasteiger partial charge in [0.25, 0.3) is 0 Å². The fraction of sp³-hybridized carbons (Fsp3) is 0.296. The number of ether oxygens (including phenoxy) is 1. The minimum absolute atomic E-state index is 0.202. The number of aromatic hydroxyl groups is 1. The third-order valence-electron chi connectivity index (χ3n) is 6.67. The van der Waals surface area contributed by atoms with Crippen LogP contribution in [-0.4, -0.2) is 44.7 Å². The lowest BCUT2D eigenvalue weighted by atomic mass is 9.87. The average molecular weight is 486 g/mol. The molecule has 6 N–H and O–H groups in total. The Morgan fingerprint density at radius 2 is 2.06 bits per heavy atom. The van der Waals surface area contributed by atoms with Gasteiger partial charge in [0.2, 0.25) is 5.88 Å². The molecule has 1 fully saturated rings. The van der Waals surface area contributed by atoms with Crippen molar-refractivity contribution < 1.29 is 9.84 Å². The van der Waals surface area contributed by atoms with Crippen LogP contribution in [-0.2, 0) is 6.42 Å². The van der Waals surface area contributed by atoms with Crippen LogP contribution in [0.3, 0.4) is 0 Å². The van der Waals surface area contributed by atoms with Gasteiger partial charge in [-0.3, -0.25) is 0 Å². The summed E-state index contributed by atoms with van der Waals surface area (Å²) in [6.07, 6.45) is 6.27. The predicted molar refractivity (Wildman–Crippen MR) is 142 cm³/mol. The first-order valence-corrected chi connectivity index (χ1v) is 12.1. The number of pyridine rings is 1. The highest BCUT2D eigenvalue weighted by Gasteiger charge is 2.27. The van der Waals surface area contributed by atoms with Crippen molar-refractivity contribution in [3.05, 3.63) is 65.5 Å². The van der Waals surface area contributed by atoms with Gasteiger partial charge in [0.05, 0.1) is 23.9 Å². The number of fused-ring (bicyclic) bond motifs is 1. The summed E-state index contributed by atoms with van der Waals surface area (Å²) < 4.78 is 7.09. The molecule has 0 unspecified atom stereocenters. The summed E-state index contributed by atoms with van der Waals surface area (Å²) in [5, 5.41) is 18.2. The molecule has 0 aliphatic heterocycles. The Kier molecular flexibility index (Phi) is 6.24. The van der Waals surface area contributed by atoms with E-state index in [1.54, 1.807) is 25.3 Å². The molecule has 3 aromatic heterocycles. The van der Waals surface area contributed by atoms with Gasteiger partial charge < -0.3 is 26.6 Å². The van der Waals surface area contributed by atoms with Gasteiger partial charge in [-0.2, -0.15) is 0 Å². The number of hydrogen-bond acceptors (Lipinski definition) is 7. The number of aryl methyl sites for hydroxylation is 2. The lowest BCUT2D eigenvalue weighted by molar-refractivity contribution is 0.372. The Labute approximate surface area is 209 Å². The van der Waals surface area contributed by atoms with Crippen LogP contribution in [0, 0.1) is 6.92 Å². The number of anilines is 1. The maximum atomic E-state index is 9.86. The SMILES string of the molecule is CCc1cc(O)ccc1N=C(N)c1cc2cc(-c3cnc(OC)cc3C)cn2nc1N[C@H]1C[C@@H](N)C1. The highest BCUT2D eigenvalue weighted by molar-refractivity contribution is 6.04. The maximum absolute atomic E-state index is 9.86. The molecule has 0 spiro atoms. The van der Waals surface area contributed by atoms with E-state index in [0.717, 1.165) is 52.7 Å². The molecule has 186 valence electrons. The molecule has 1 aromatic carbocycles. The number of hydrogen-bond donors (Lipinski definition) is 4. The third kappa shape index (κ3) is 4.57. The fourth-order valence-electron chi connectivity index (χ4n) is 4.56. The number of methoxy groups -OCH3 is 1. The van der Waals surface area contributed by atoms with E-state index < -0.39 is 0 Å². The zero-order valence-electron chi connectivity index (χ0n) is 20.7. The minimum atomic E-state index is 0.202. The van der Waals surface area contributed by atoms with Crippen LogP contribution in [0.1, 0.15) is 36.5 Å². The van der Waals surface area contributed by atoms with Crippen molar-refractivity contribution in [3.8, 4) is 22.8 Å². The first kappa shape index (κ1) is 23.6. The van der Waals surface area contributed by atoms with Crippen molar-refractivity contribution in [2.24, 2.45) is 16.5 Å². The van der Waals surface area contributed by atoms with Crippen LogP contribution in [0.15, 0.2) is 53.8 Å². The molecule has 5 rings (SSSR count). The van der Waals surface area contributed by atoms with Crippen molar-refractivity contribution in [1.82, 2.24) is 14.6 Å². The standard InChI is InChI=1S/C27H31N7O2/c1-4-16-9-21(35)5-6-24(16)32-26(29)22-12-20-8-17(23-13-30-25(36-3)7-15(23)2)14-34(20)33-27(22)31-19-10-18(28)11-19/h5-9,12-14,18-19,35H,4,10-11,28H2,1-3H3,(H2,29,32)(H,31,33)/t18-,19+. The number of nitrogens with one attached hydrogen (secondary N) is 1. The second kappa shape index (κ2) is 9.50. The zero-order valence-corrected chi connectivity index (χ0v) is 20.7. The smallest absolute Gasteiger partial charge is 0.213 e. The molecule has 0 saturated heterocycles. The summed E-state index contributed by atoms with van der Waals surface area (Å²) in [5.74, 6) is 1.79. The molecule has 0 bridgehead atoms. The van der Waals surface area contributed by atoms with Gasteiger partial charge in [-0.1, -0.05) is 6.92 Å². The summed E-state index contributed by atoms with van der Waals surface area (Å²) in [4.78, 5) is 9.09. The molecule has 0 atom stereocenters. The topological polar surface area (TPSA) is 136 Å². The molecular weight excluding hydrogens is 454 g/mol. The molecule has 9 heteroatoms. The van der Waals surface area contributed by atoms with Gasteiger partial charge in [-0.15, -0.1) is 5.10 Å². The van der Waals surface area contributed by atoms with Gasteiger partial charge in [0.1, 0.15) is 11.6 Å². The van der Waals surface area contributed by atoms with E-state index in [4.69, 9.17) is 26.3 Å². The zero-order chi connectivity index (χ0) is 25.4. The molecule has 9 nitrogen and oxygen atoms in total. The van der Waals surface area contributed by atoms with E-state index in [1.807, 2.05) is 42.9 Å². The number of nitrogens with zero attached hydrogens (tertiary/aromatic N) is 4. The number of benzene rings is 1. The van der Waals surface area contributed by atoms with Crippen molar-refractivity contribution in [1.29, 1.82) is 0 Å². The van der Waals surface area contributed by atoms with Gasteiger partial charge in [-0.05, 0) is 67.6 Å². The lowest BCUT2D eigenvalue weighted by Crippen LogP contribution is -2.45. The summed E-state index contributed by atoms with van der Waals surface area (Å²) in [6, 6.07) is 11.5. The van der Waals surface area contributed by atoms with E-state index in [1.165, 1.54) is 0 Å². The Hall–Kier alpha value is -4.11. The lowest BCUT2D eigenvalue weighted by Gasteiger charge is -2.33. The quantitative estimate of drug-likeness (QED) is 0.230. The summed E-state index contributed by atoms with van der Waals surface area (Å²) in [7, 11) is 1.61. The second-order valence-electron chi connectivity index (χ2n) is 9.28. The normalized spacial score (nSPS) is 17.7. The summed E-state index contributed by atoms with van der Waals surface area (Å²) in [6.45, 7) is 4.05. The molecule has 4 aromatic rings. The van der Waals surface area contributed by atoms with Gasteiger partial charge >= 0.3 is 0 Å². The number of nitrogens with two attached hydrogens (primary N) is 2. The number of rotatable bonds is 7. The number of phenolic OH excluding ortho intramolecular Hbond substituents is 1. The van der Waals surface area contributed by atoms with Crippen molar-refractivity contribution in [2.75, 3.05) is 12.4 Å². The molecule has 0 radical (unpaired) electrons. The van der Waals surface area contributed by atoms with Gasteiger partial charge in [-0.25, -0.2) is 14.5 Å². The van der Waals surface area contributed by atoms with E-state index in [0.29, 0.717) is 23.1 Å². The summed E-state index contributed by atoms with van der Waals surface area (Å²) >= 11 is 0. The van der Waals surface area contributed by atoms with Crippen LogP contribution in [0.25, 0.3) is 16.6 Å². The fourth-order valence-corrected chi connectivity index (χ4v) is 4.56. The van der Waals surface area contributed by atoms with Gasteiger partial charge in [0.15, 0.2) is 5.82 Å². The van der Waals surface area contributed by atoms with Crippen LogP contribution in [0.2, 0.25) is 0 Å². The largest absolute Gasteiger partial charge is 0.508 e. The monoisotopic (exact) mass is 485 g/mol. The highest BCUT2D eigenvalue weighted by Crippen LogP contribution is 2.31. The Morgan fingerprint density at radius 3 is 2.75 bits per heavy atom. The second-order valence-corrected chi connectivity index (χ2v) is 9.28. The Morgan fingerprint density at radius 1 is 1.25 bits per heavy atom. The van der Waals surface area contributed by atoms with E-state index in [-0.39, 0.29) is 17.8 Å². The minimum Gasteiger partial charge on any atom is -0.508 e. The molecule has 0 amide bonds. The average Bonchev–Trinajstić information content (AvgIpc) is 3.26. The van der Waals surface area contributed by atoms with Crippen molar-refractivity contribution >= 4 is 22.9 Å². The Bertz CT molecular complexity index is 1450. The molecule has 1 aliphatic carbocycles. The van der Waals surface area contributed by atoms with Crippen LogP contribution in [0.5, 0.6) is 11.6 Å². The molecule has 1 saturated carbocycles. The maximum Gasteiger partial charge on any atom is 0.213 e. The van der Waals surface area contributed by atoms with Crippen LogP contribution in [0.4, 0.5) is 11.5 Å². The van der Waals surface area contributed by atoms with E-state index in [2.05, 4.69) is 16.4 Å². The van der Waals surface area contributed by atoms with Crippen LogP contribution < -0.4 is 21.5 Å². The number of amidine groups is 1. The molecule has 3 heterocycles. The first-order valence-electron chi connectivity index (χ1n) is 12.1. The third-order valence-corrected chi connectivity index (χ3v) is 6.67. The van der Waals surface area contributed by atoms with Crippen molar-refractivity contribution in [2.45, 2.75) is 45.2 Å². The van der Waals surface area contributed by atoms with E-state index >= 15 is 0 Å². The number of aromatic nitrogens is 3. The number of phenols is 1. The van der Waals surface area contributed by atoms with Crippen LogP contribution >= 0.6 is 0 Å². The highest BCUT2D eigenvalue weighted by atomic mass is 16.5. The summed E-state index contributed by atoms with van der Waals surface area (Å²) in [5.41, 5.74) is 18.9.